The van der Waals surface area contributed by atoms with Crippen LogP contribution in [-0.2, 0) is 9.53 Å². The van der Waals surface area contributed by atoms with Gasteiger partial charge in [-0.2, -0.15) is 0 Å². The van der Waals surface area contributed by atoms with E-state index < -0.39 is 5.38 Å². The van der Waals surface area contributed by atoms with Gasteiger partial charge in [-0.25, -0.2) is 0 Å². The zero-order chi connectivity index (χ0) is 12.3. The molecule has 2 rings (SSSR count). The summed E-state index contributed by atoms with van der Waals surface area (Å²) in [5.41, 5.74) is 0. The summed E-state index contributed by atoms with van der Waals surface area (Å²) in [6, 6.07) is 0. The fourth-order valence-electron chi connectivity index (χ4n) is 2.48. The van der Waals surface area contributed by atoms with Gasteiger partial charge in [0.1, 0.15) is 5.38 Å². The Morgan fingerprint density at radius 2 is 2.12 bits per heavy atom. The first kappa shape index (κ1) is 13.1. The maximum absolute atomic E-state index is 11.7. The van der Waals surface area contributed by atoms with Crippen LogP contribution in [-0.4, -0.2) is 66.5 Å². The summed E-state index contributed by atoms with van der Waals surface area (Å²) in [4.78, 5) is 16.0. The van der Waals surface area contributed by atoms with Crippen LogP contribution in [0.2, 0.25) is 0 Å². The van der Waals surface area contributed by atoms with E-state index in [0.717, 1.165) is 39.3 Å². The first-order chi connectivity index (χ1) is 8.16. The predicted octanol–water partition coefficient (Wildman–Crippen LogP) is 0.937. The molecule has 0 N–H and O–H groups in total. The summed E-state index contributed by atoms with van der Waals surface area (Å²) in [6.45, 7) is 7.13. The molecule has 0 aromatic rings. The fourth-order valence-corrected chi connectivity index (χ4v) is 2.62. The van der Waals surface area contributed by atoms with Crippen molar-refractivity contribution in [2.75, 3.05) is 39.3 Å². The van der Waals surface area contributed by atoms with Gasteiger partial charge in [0, 0.05) is 39.3 Å². The lowest BCUT2D eigenvalue weighted by atomic mass is 10.2. The van der Waals surface area contributed by atoms with Gasteiger partial charge in [-0.3, -0.25) is 9.69 Å². The molecule has 2 fully saturated rings. The zero-order valence-corrected chi connectivity index (χ0v) is 11.2. The van der Waals surface area contributed by atoms with Gasteiger partial charge in [-0.05, 0) is 19.8 Å². The maximum atomic E-state index is 11.7. The molecule has 2 heterocycles. The molecule has 2 aliphatic heterocycles. The van der Waals surface area contributed by atoms with Crippen LogP contribution >= 0.6 is 11.6 Å². The third-order valence-corrected chi connectivity index (χ3v) is 3.70. The van der Waals surface area contributed by atoms with Crippen molar-refractivity contribution in [1.82, 2.24) is 9.80 Å². The van der Waals surface area contributed by atoms with Crippen LogP contribution in [0, 0.1) is 0 Å². The van der Waals surface area contributed by atoms with Crippen molar-refractivity contribution < 1.29 is 9.53 Å². The number of halogens is 1. The SMILES string of the molecule is C[C@H](Cl)C(=O)N1CCN(C[C@H]2CCCO2)CC1. The van der Waals surface area contributed by atoms with E-state index in [9.17, 15) is 4.79 Å². The smallest absolute Gasteiger partial charge is 0.240 e. The summed E-state index contributed by atoms with van der Waals surface area (Å²) >= 11 is 5.81. The molecule has 2 atom stereocenters. The number of rotatable bonds is 3. The van der Waals surface area contributed by atoms with Crippen LogP contribution < -0.4 is 0 Å². The Labute approximate surface area is 108 Å². The lowest BCUT2D eigenvalue weighted by Gasteiger charge is -2.36. The first-order valence-corrected chi connectivity index (χ1v) is 6.87. The van der Waals surface area contributed by atoms with E-state index >= 15 is 0 Å². The van der Waals surface area contributed by atoms with Gasteiger partial charge in [-0.1, -0.05) is 0 Å². The topological polar surface area (TPSA) is 32.8 Å². The number of amides is 1. The number of carbonyl (C=O) groups excluding carboxylic acids is 1. The van der Waals surface area contributed by atoms with Crippen molar-refractivity contribution in [3.8, 4) is 0 Å². The molecule has 2 aliphatic rings. The van der Waals surface area contributed by atoms with Crippen molar-refractivity contribution in [2.24, 2.45) is 0 Å². The molecule has 4 nitrogen and oxygen atoms in total. The standard InChI is InChI=1S/C12H21ClN2O2/c1-10(13)12(16)15-6-4-14(5-7-15)9-11-3-2-8-17-11/h10-11H,2-9H2,1H3/t10-,11+/m0/s1. The molecule has 0 saturated carbocycles. The van der Waals surface area contributed by atoms with Gasteiger partial charge in [0.15, 0.2) is 0 Å². The highest BCUT2D eigenvalue weighted by Gasteiger charge is 2.26. The van der Waals surface area contributed by atoms with Gasteiger partial charge in [0.25, 0.3) is 0 Å². The van der Waals surface area contributed by atoms with Crippen LogP contribution in [0.1, 0.15) is 19.8 Å². The van der Waals surface area contributed by atoms with E-state index in [1.165, 1.54) is 12.8 Å². The monoisotopic (exact) mass is 260 g/mol. The summed E-state index contributed by atoms with van der Waals surface area (Å²) in [5.74, 6) is 0.0587. The summed E-state index contributed by atoms with van der Waals surface area (Å²) in [6.07, 6.45) is 2.77. The van der Waals surface area contributed by atoms with Crippen molar-refractivity contribution in [3.05, 3.63) is 0 Å². The Balaban J connectivity index is 1.72. The second-order valence-electron chi connectivity index (χ2n) is 4.88. The van der Waals surface area contributed by atoms with Crippen LogP contribution in [0.25, 0.3) is 0 Å². The summed E-state index contributed by atoms with van der Waals surface area (Å²) in [7, 11) is 0. The average Bonchev–Trinajstić information content (AvgIpc) is 2.82. The van der Waals surface area contributed by atoms with E-state index in [1.54, 1.807) is 6.92 Å². The summed E-state index contributed by atoms with van der Waals surface area (Å²) in [5, 5.41) is -0.403. The Kier molecular flexibility index (Phi) is 4.65. The summed E-state index contributed by atoms with van der Waals surface area (Å²) < 4.78 is 5.62. The number of carbonyl (C=O) groups is 1. The molecule has 0 bridgehead atoms. The highest BCUT2D eigenvalue weighted by molar-refractivity contribution is 6.30. The van der Waals surface area contributed by atoms with E-state index in [-0.39, 0.29) is 5.91 Å². The highest BCUT2D eigenvalue weighted by atomic mass is 35.5. The molecule has 5 heteroatoms. The largest absolute Gasteiger partial charge is 0.377 e. The van der Waals surface area contributed by atoms with E-state index in [2.05, 4.69) is 4.90 Å². The lowest BCUT2D eigenvalue weighted by Crippen LogP contribution is -2.51. The molecule has 2 saturated heterocycles. The number of ether oxygens (including phenoxy) is 1. The highest BCUT2D eigenvalue weighted by Crippen LogP contribution is 2.15. The zero-order valence-electron chi connectivity index (χ0n) is 10.4. The molecule has 0 aliphatic carbocycles. The molecular formula is C12H21ClN2O2. The van der Waals surface area contributed by atoms with Crippen molar-refractivity contribution in [1.29, 1.82) is 0 Å². The quantitative estimate of drug-likeness (QED) is 0.708. The molecule has 0 unspecified atom stereocenters. The van der Waals surface area contributed by atoms with Crippen LogP contribution in [0.15, 0.2) is 0 Å². The number of nitrogens with zero attached hydrogens (tertiary/aromatic N) is 2. The molecule has 0 aromatic carbocycles. The van der Waals surface area contributed by atoms with E-state index in [0.29, 0.717) is 6.10 Å². The van der Waals surface area contributed by atoms with Crippen molar-refractivity contribution in [3.63, 3.8) is 0 Å². The number of piperazine rings is 1. The Morgan fingerprint density at radius 3 is 2.65 bits per heavy atom. The van der Waals surface area contributed by atoms with E-state index in [1.807, 2.05) is 4.90 Å². The second-order valence-corrected chi connectivity index (χ2v) is 5.53. The van der Waals surface area contributed by atoms with E-state index in [4.69, 9.17) is 16.3 Å². The third kappa shape index (κ3) is 3.57. The lowest BCUT2D eigenvalue weighted by molar-refractivity contribution is -0.132. The Morgan fingerprint density at radius 1 is 1.41 bits per heavy atom. The normalized spacial score (nSPS) is 28.4. The minimum absolute atomic E-state index is 0.0587. The molecule has 17 heavy (non-hydrogen) atoms. The second kappa shape index (κ2) is 6.03. The van der Waals surface area contributed by atoms with Crippen LogP contribution in [0.4, 0.5) is 0 Å². The third-order valence-electron chi connectivity index (χ3n) is 3.51. The van der Waals surface area contributed by atoms with Gasteiger partial charge < -0.3 is 9.64 Å². The number of hydrogen-bond acceptors (Lipinski definition) is 3. The van der Waals surface area contributed by atoms with Gasteiger partial charge in [0.2, 0.25) is 5.91 Å². The Hall–Kier alpha value is -0.320. The first-order valence-electron chi connectivity index (χ1n) is 6.43. The number of alkyl halides is 1. The molecule has 98 valence electrons. The molecule has 0 radical (unpaired) electrons. The number of hydrogen-bond donors (Lipinski definition) is 0. The van der Waals surface area contributed by atoms with Crippen molar-refractivity contribution >= 4 is 17.5 Å². The Bertz CT molecular complexity index is 259. The van der Waals surface area contributed by atoms with Gasteiger partial charge >= 0.3 is 0 Å². The fraction of sp³-hybridized carbons (Fsp3) is 0.917. The van der Waals surface area contributed by atoms with Gasteiger partial charge in [-0.15, -0.1) is 11.6 Å². The molecular weight excluding hydrogens is 240 g/mol. The molecule has 0 aromatic heterocycles. The average molecular weight is 261 g/mol. The predicted molar refractivity (Wildman–Crippen MR) is 67.3 cm³/mol. The molecule has 0 spiro atoms. The minimum Gasteiger partial charge on any atom is -0.377 e. The maximum Gasteiger partial charge on any atom is 0.240 e. The van der Waals surface area contributed by atoms with Crippen molar-refractivity contribution in [2.45, 2.75) is 31.2 Å². The van der Waals surface area contributed by atoms with Crippen LogP contribution in [0.3, 0.4) is 0 Å². The van der Waals surface area contributed by atoms with Gasteiger partial charge in [0.05, 0.1) is 6.10 Å². The molecule has 1 amide bonds. The minimum atomic E-state index is -0.403. The van der Waals surface area contributed by atoms with Crippen LogP contribution in [0.5, 0.6) is 0 Å².